The average molecular weight is 499 g/mol. The van der Waals surface area contributed by atoms with E-state index >= 15 is 0 Å². The molecule has 2 heterocycles. The molecule has 5 rings (SSSR count). The fourth-order valence-electron chi connectivity index (χ4n) is 4.47. The van der Waals surface area contributed by atoms with Gasteiger partial charge in [0.15, 0.2) is 0 Å². The summed E-state index contributed by atoms with van der Waals surface area (Å²) in [6.45, 7) is 1.98. The van der Waals surface area contributed by atoms with E-state index in [9.17, 15) is 9.59 Å². The third kappa shape index (κ3) is 3.70. The maximum absolute atomic E-state index is 13.0. The summed E-state index contributed by atoms with van der Waals surface area (Å²) >= 11 is 3.45. The zero-order chi connectivity index (χ0) is 22.3. The molecule has 0 saturated heterocycles. The van der Waals surface area contributed by atoms with E-state index in [0.29, 0.717) is 21.1 Å². The van der Waals surface area contributed by atoms with Crippen LogP contribution in [0.3, 0.4) is 0 Å². The number of hydrogen-bond donors (Lipinski definition) is 2. The number of carbonyl (C=O) groups excluding carboxylic acids is 2. The molecule has 2 aliphatic rings. The molecule has 1 aliphatic heterocycles. The first-order valence-corrected chi connectivity index (χ1v) is 11.5. The Morgan fingerprint density at radius 2 is 2.12 bits per heavy atom. The number of hydrogen-bond acceptors (Lipinski definition) is 5. The molecule has 3 aromatic rings. The number of aromatic nitrogens is 2. The van der Waals surface area contributed by atoms with Crippen LogP contribution < -0.4 is 15.4 Å². The van der Waals surface area contributed by atoms with Crippen LogP contribution in [0.2, 0.25) is 0 Å². The number of benzene rings is 2. The van der Waals surface area contributed by atoms with Gasteiger partial charge < -0.3 is 20.1 Å². The number of nitrogens with zero attached hydrogens (tertiary/aromatic N) is 2. The van der Waals surface area contributed by atoms with Crippen LogP contribution in [-0.4, -0.2) is 34.1 Å². The molecule has 0 bridgehead atoms. The number of rotatable bonds is 3. The van der Waals surface area contributed by atoms with Crippen molar-refractivity contribution in [2.24, 2.45) is 0 Å². The van der Waals surface area contributed by atoms with Gasteiger partial charge in [0, 0.05) is 21.8 Å². The van der Waals surface area contributed by atoms with Crippen molar-refractivity contribution < 1.29 is 19.1 Å². The molecular formula is C23H23BrN4O4. The van der Waals surface area contributed by atoms with Crippen molar-refractivity contribution in [3.05, 3.63) is 52.6 Å². The fourth-order valence-corrected chi connectivity index (χ4v) is 4.91. The van der Waals surface area contributed by atoms with Crippen molar-refractivity contribution in [3.63, 3.8) is 0 Å². The maximum Gasteiger partial charge on any atom is 0.435 e. The highest BCUT2D eigenvalue weighted by molar-refractivity contribution is 9.10. The second-order valence-corrected chi connectivity index (χ2v) is 9.09. The van der Waals surface area contributed by atoms with Gasteiger partial charge in [-0.05, 0) is 44.4 Å². The van der Waals surface area contributed by atoms with Gasteiger partial charge in [0.25, 0.3) is 0 Å². The monoisotopic (exact) mass is 498 g/mol. The molecule has 9 heteroatoms. The number of carbonyl (C=O) groups is 2. The van der Waals surface area contributed by atoms with Crippen molar-refractivity contribution in [1.29, 1.82) is 0 Å². The molecule has 2 aromatic carbocycles. The minimum Gasteiger partial charge on any atom is -0.487 e. The standard InChI is InChI=1S/C23H23BrN4O4/c1-2-31-22(30)28-19-11-14(24)10-17(16(19)13-25-28)26-21(29)27-18-12-23(8-5-9-23)32-20-7-4-3-6-15(18)20/h3-4,6-7,10-11,13,18H,2,5,8-9,12H2,1H3,(H2,26,27,29). The maximum atomic E-state index is 13.0. The second kappa shape index (κ2) is 8.12. The van der Waals surface area contributed by atoms with Crippen LogP contribution >= 0.6 is 15.9 Å². The van der Waals surface area contributed by atoms with Crippen LogP contribution in [0.5, 0.6) is 5.75 Å². The summed E-state index contributed by atoms with van der Waals surface area (Å²) < 4.78 is 13.2. The zero-order valence-electron chi connectivity index (χ0n) is 17.6. The van der Waals surface area contributed by atoms with Gasteiger partial charge in [0.2, 0.25) is 0 Å². The van der Waals surface area contributed by atoms with Crippen LogP contribution in [0.1, 0.15) is 44.2 Å². The third-order valence-corrected chi connectivity index (χ3v) is 6.57. The van der Waals surface area contributed by atoms with Crippen LogP contribution in [0.25, 0.3) is 10.9 Å². The van der Waals surface area contributed by atoms with E-state index in [-0.39, 0.29) is 24.3 Å². The second-order valence-electron chi connectivity index (χ2n) is 8.17. The van der Waals surface area contributed by atoms with Crippen molar-refractivity contribution >= 4 is 44.6 Å². The smallest absolute Gasteiger partial charge is 0.435 e. The Morgan fingerprint density at radius 1 is 1.31 bits per heavy atom. The summed E-state index contributed by atoms with van der Waals surface area (Å²) in [7, 11) is 0. The summed E-state index contributed by atoms with van der Waals surface area (Å²) in [5.74, 6) is 0.837. The van der Waals surface area contributed by atoms with Gasteiger partial charge in [-0.25, -0.2) is 9.59 Å². The summed E-state index contributed by atoms with van der Waals surface area (Å²) in [5.41, 5.74) is 1.88. The molecule has 8 nitrogen and oxygen atoms in total. The minimum absolute atomic E-state index is 0.148. The number of fused-ring (bicyclic) bond motifs is 2. The number of amides is 2. The highest BCUT2D eigenvalue weighted by Crippen LogP contribution is 2.48. The highest BCUT2D eigenvalue weighted by atomic mass is 79.9. The summed E-state index contributed by atoms with van der Waals surface area (Å²) in [4.78, 5) is 25.2. The predicted molar refractivity (Wildman–Crippen MR) is 123 cm³/mol. The molecule has 1 fully saturated rings. The van der Waals surface area contributed by atoms with Crippen LogP contribution in [0, 0.1) is 0 Å². The Morgan fingerprint density at radius 3 is 2.88 bits per heavy atom. The van der Waals surface area contributed by atoms with Gasteiger partial charge in [-0.3, -0.25) is 0 Å². The molecule has 1 spiro atoms. The van der Waals surface area contributed by atoms with Crippen molar-refractivity contribution in [2.45, 2.75) is 44.2 Å². The minimum atomic E-state index is -0.569. The SMILES string of the molecule is CCOC(=O)n1ncc2c(NC(=O)NC3CC4(CCC4)Oc4ccccc43)cc(Br)cc21. The topological polar surface area (TPSA) is 94.5 Å². The molecule has 0 radical (unpaired) electrons. The van der Waals surface area contributed by atoms with E-state index in [2.05, 4.69) is 31.7 Å². The molecule has 1 saturated carbocycles. The Hall–Kier alpha value is -3.07. The van der Waals surface area contributed by atoms with Crippen LogP contribution in [-0.2, 0) is 4.74 Å². The quantitative estimate of drug-likeness (QED) is 0.505. The predicted octanol–water partition coefficient (Wildman–Crippen LogP) is 5.37. The molecule has 166 valence electrons. The molecule has 1 aromatic heterocycles. The highest BCUT2D eigenvalue weighted by Gasteiger charge is 2.45. The normalized spacial score (nSPS) is 18.4. The number of ether oxygens (including phenoxy) is 2. The molecular weight excluding hydrogens is 476 g/mol. The van der Waals surface area contributed by atoms with Gasteiger partial charge in [0.1, 0.15) is 11.4 Å². The fraction of sp³-hybridized carbons (Fsp3) is 0.348. The van der Waals surface area contributed by atoms with Gasteiger partial charge >= 0.3 is 12.1 Å². The first-order chi connectivity index (χ1) is 15.5. The average Bonchev–Trinajstić information content (AvgIpc) is 3.16. The summed E-state index contributed by atoms with van der Waals surface area (Å²) in [5, 5.41) is 10.8. The molecule has 2 amide bonds. The first kappa shape index (κ1) is 20.8. The number of urea groups is 1. The van der Waals surface area contributed by atoms with Crippen molar-refractivity contribution in [3.8, 4) is 5.75 Å². The van der Waals surface area contributed by atoms with E-state index < -0.39 is 6.09 Å². The van der Waals surface area contributed by atoms with Crippen LogP contribution in [0.15, 0.2) is 47.1 Å². The molecule has 1 aliphatic carbocycles. The molecule has 2 N–H and O–H groups in total. The van der Waals surface area contributed by atoms with Gasteiger partial charge in [-0.2, -0.15) is 9.78 Å². The molecule has 1 unspecified atom stereocenters. The van der Waals surface area contributed by atoms with Gasteiger partial charge in [0.05, 0.1) is 30.0 Å². The van der Waals surface area contributed by atoms with Crippen molar-refractivity contribution in [1.82, 2.24) is 15.1 Å². The third-order valence-electron chi connectivity index (χ3n) is 6.11. The van der Waals surface area contributed by atoms with E-state index in [0.717, 1.165) is 37.0 Å². The zero-order valence-corrected chi connectivity index (χ0v) is 19.1. The molecule has 1 atom stereocenters. The number of nitrogens with one attached hydrogen (secondary N) is 2. The van der Waals surface area contributed by atoms with E-state index in [1.807, 2.05) is 24.3 Å². The lowest BCUT2D eigenvalue weighted by atomic mass is 9.73. The Labute approximate surface area is 193 Å². The summed E-state index contributed by atoms with van der Waals surface area (Å²) in [6, 6.07) is 10.9. The Bertz CT molecular complexity index is 1200. The number of halogens is 1. The van der Waals surface area contributed by atoms with Gasteiger partial charge in [-0.1, -0.05) is 34.1 Å². The largest absolute Gasteiger partial charge is 0.487 e. The molecule has 32 heavy (non-hydrogen) atoms. The Balaban J connectivity index is 1.39. The van der Waals surface area contributed by atoms with E-state index in [4.69, 9.17) is 9.47 Å². The van der Waals surface area contributed by atoms with Crippen LogP contribution in [0.4, 0.5) is 15.3 Å². The lowest BCUT2D eigenvalue weighted by molar-refractivity contribution is -0.0354. The van der Waals surface area contributed by atoms with Crippen molar-refractivity contribution in [2.75, 3.05) is 11.9 Å². The van der Waals surface area contributed by atoms with E-state index in [1.165, 1.54) is 4.68 Å². The summed E-state index contributed by atoms with van der Waals surface area (Å²) in [6.07, 6.45) is 4.86. The number of anilines is 1. The first-order valence-electron chi connectivity index (χ1n) is 10.7. The lowest BCUT2D eigenvalue weighted by Crippen LogP contribution is -2.50. The van der Waals surface area contributed by atoms with E-state index in [1.54, 1.807) is 25.3 Å². The lowest BCUT2D eigenvalue weighted by Gasteiger charge is -2.48. The number of para-hydroxylation sites is 1. The van der Waals surface area contributed by atoms with Gasteiger partial charge in [-0.15, -0.1) is 0 Å². The Kier molecular flexibility index (Phi) is 5.28.